The van der Waals surface area contributed by atoms with Crippen molar-refractivity contribution < 1.29 is 9.59 Å². The van der Waals surface area contributed by atoms with Gasteiger partial charge in [-0.15, -0.1) is 0 Å². The fourth-order valence-corrected chi connectivity index (χ4v) is 5.08. The Labute approximate surface area is 124 Å². The van der Waals surface area contributed by atoms with E-state index in [1.165, 1.54) is 0 Å². The second-order valence-electron chi connectivity index (χ2n) is 4.47. The van der Waals surface area contributed by atoms with Crippen molar-refractivity contribution >= 4 is 45.1 Å². The quantitative estimate of drug-likeness (QED) is 0.463. The van der Waals surface area contributed by atoms with E-state index in [1.807, 2.05) is 31.2 Å². The molecule has 0 bridgehead atoms. The van der Waals surface area contributed by atoms with Gasteiger partial charge in [-0.05, 0) is 46.5 Å². The first-order chi connectivity index (χ1) is 8.59. The van der Waals surface area contributed by atoms with Crippen molar-refractivity contribution in [3.8, 4) is 0 Å². The Morgan fingerprint density at radius 2 is 1.89 bits per heavy atom. The molecule has 0 radical (unpaired) electrons. The Kier molecular flexibility index (Phi) is 4.84. The fraction of sp³-hybridized carbons (Fsp3) is 0.429. The molecule has 1 aliphatic heterocycles. The molecule has 1 fully saturated rings. The first-order valence-corrected chi connectivity index (χ1v) is 8.77. The van der Waals surface area contributed by atoms with Gasteiger partial charge in [0.05, 0.1) is 12.8 Å². The topological polar surface area (TPSA) is 34.1 Å². The van der Waals surface area contributed by atoms with Crippen molar-refractivity contribution in [3.05, 3.63) is 33.4 Å². The van der Waals surface area contributed by atoms with Crippen LogP contribution in [-0.2, 0) is 15.7 Å². The number of carbonyl (C=O) groups excluding carboxylic acids is 2. The van der Waals surface area contributed by atoms with Crippen LogP contribution in [0.3, 0.4) is 0 Å². The van der Waals surface area contributed by atoms with Gasteiger partial charge in [0.15, 0.2) is 5.25 Å². The maximum atomic E-state index is 12.5. The lowest BCUT2D eigenvalue weighted by Gasteiger charge is -2.18. The summed E-state index contributed by atoms with van der Waals surface area (Å²) in [5, 5.41) is 0.0500. The second-order valence-corrected chi connectivity index (χ2v) is 8.23. The Morgan fingerprint density at radius 1 is 1.28 bits per heavy atom. The number of benzene rings is 1. The third kappa shape index (κ3) is 3.15. The van der Waals surface area contributed by atoms with E-state index in [0.717, 1.165) is 20.6 Å². The van der Waals surface area contributed by atoms with Gasteiger partial charge in [-0.3, -0.25) is 9.59 Å². The molecule has 18 heavy (non-hydrogen) atoms. The van der Waals surface area contributed by atoms with Gasteiger partial charge in [0.2, 0.25) is 5.78 Å². The van der Waals surface area contributed by atoms with Gasteiger partial charge in [-0.25, -0.2) is 0 Å². The van der Waals surface area contributed by atoms with Crippen molar-refractivity contribution in [2.24, 2.45) is 0 Å². The third-order valence-corrected chi connectivity index (χ3v) is 6.91. The highest BCUT2D eigenvalue weighted by atomic mass is 127. The number of hydrogen-bond donors (Lipinski definition) is 0. The van der Waals surface area contributed by atoms with E-state index >= 15 is 0 Å². The summed E-state index contributed by atoms with van der Waals surface area (Å²) in [4.78, 5) is 23.7. The number of ketones is 2. The van der Waals surface area contributed by atoms with Crippen LogP contribution in [0.4, 0.5) is 0 Å². The maximum absolute atomic E-state index is 12.5. The molecule has 0 amide bonds. The lowest BCUT2D eigenvalue weighted by Crippen LogP contribution is -2.36. The second kappa shape index (κ2) is 6.19. The van der Waals surface area contributed by atoms with Gasteiger partial charge < -0.3 is 0 Å². The summed E-state index contributed by atoms with van der Waals surface area (Å²) in [6.45, 7) is 2.02. The molecule has 1 heterocycles. The van der Waals surface area contributed by atoms with Gasteiger partial charge >= 0.3 is 0 Å². The molecule has 0 aliphatic carbocycles. The summed E-state index contributed by atoms with van der Waals surface area (Å²) in [7, 11) is 0.0773. The van der Waals surface area contributed by atoms with Crippen LogP contribution in [-0.4, -0.2) is 28.3 Å². The lowest BCUT2D eigenvalue weighted by molar-refractivity contribution is -0.118. The van der Waals surface area contributed by atoms with E-state index in [-0.39, 0.29) is 21.9 Å². The zero-order chi connectivity index (χ0) is 13.1. The first-order valence-electron chi connectivity index (χ1n) is 6.06. The summed E-state index contributed by atoms with van der Waals surface area (Å²) < 4.78 is 1.02. The molecule has 0 spiro atoms. The van der Waals surface area contributed by atoms with Gasteiger partial charge in [0, 0.05) is 9.13 Å². The minimum absolute atomic E-state index is 0.0500. The molecule has 1 aromatic rings. The van der Waals surface area contributed by atoms with Crippen LogP contribution in [0, 0.1) is 3.57 Å². The Hall–Kier alpha value is -0.360. The molecule has 1 atom stereocenters. The molecule has 4 heteroatoms. The minimum Gasteiger partial charge on any atom is -0.299 e. The summed E-state index contributed by atoms with van der Waals surface area (Å²) in [5.41, 5.74) is 0.829. The monoisotopic (exact) mass is 375 g/mol. The Bertz CT molecular complexity index is 463. The van der Waals surface area contributed by atoms with Crippen LogP contribution < -0.4 is 0 Å². The van der Waals surface area contributed by atoms with E-state index in [9.17, 15) is 9.59 Å². The van der Waals surface area contributed by atoms with Crippen LogP contribution in [0.25, 0.3) is 0 Å². The summed E-state index contributed by atoms with van der Waals surface area (Å²) in [6, 6.07) is 7.73. The molecule has 2 rings (SSSR count). The van der Waals surface area contributed by atoms with E-state index in [1.54, 1.807) is 0 Å². The zero-order valence-electron chi connectivity index (χ0n) is 10.3. The predicted octanol–water partition coefficient (Wildman–Crippen LogP) is 2.84. The molecule has 1 unspecified atom stereocenters. The van der Waals surface area contributed by atoms with Gasteiger partial charge in [0.1, 0.15) is 17.3 Å². The lowest BCUT2D eigenvalue weighted by atomic mass is 10.1. The molecule has 1 aromatic carbocycles. The van der Waals surface area contributed by atoms with E-state index in [0.29, 0.717) is 18.6 Å². The SMILES string of the molecule is CC(C(=O)c1ccccc1I)[S+]1CCC(=O)CC1. The molecular weight excluding hydrogens is 359 g/mol. The average molecular weight is 375 g/mol. The van der Waals surface area contributed by atoms with Gasteiger partial charge in [-0.2, -0.15) is 0 Å². The highest BCUT2D eigenvalue weighted by Crippen LogP contribution is 2.21. The first kappa shape index (κ1) is 14.1. The molecule has 0 saturated carbocycles. The maximum Gasteiger partial charge on any atom is 0.215 e. The number of rotatable bonds is 3. The minimum atomic E-state index is 0.0500. The summed E-state index contributed by atoms with van der Waals surface area (Å²) in [5.74, 6) is 2.38. The third-order valence-electron chi connectivity index (χ3n) is 3.29. The number of carbonyl (C=O) groups is 2. The number of halogens is 1. The van der Waals surface area contributed by atoms with Crippen LogP contribution in [0.2, 0.25) is 0 Å². The van der Waals surface area contributed by atoms with Crippen molar-refractivity contribution in [2.45, 2.75) is 25.0 Å². The highest BCUT2D eigenvalue weighted by Gasteiger charge is 2.36. The Morgan fingerprint density at radius 3 is 2.50 bits per heavy atom. The average Bonchev–Trinajstić information content (AvgIpc) is 2.38. The van der Waals surface area contributed by atoms with Crippen molar-refractivity contribution in [2.75, 3.05) is 11.5 Å². The standard InChI is InChI=1S/C14H16IO2S/c1-10(18-8-6-11(16)7-9-18)14(17)12-4-2-3-5-13(12)15/h2-5,10H,6-9H2,1H3/q+1. The molecule has 0 N–H and O–H groups in total. The molecule has 96 valence electrons. The van der Waals surface area contributed by atoms with Crippen molar-refractivity contribution in [1.82, 2.24) is 0 Å². The van der Waals surface area contributed by atoms with Gasteiger partial charge in [-0.1, -0.05) is 18.2 Å². The normalized spacial score (nSPS) is 18.7. The smallest absolute Gasteiger partial charge is 0.215 e. The van der Waals surface area contributed by atoms with Crippen LogP contribution >= 0.6 is 22.6 Å². The fourth-order valence-electron chi connectivity index (χ4n) is 2.10. The largest absolute Gasteiger partial charge is 0.299 e. The summed E-state index contributed by atoms with van der Waals surface area (Å²) in [6.07, 6.45) is 1.32. The van der Waals surface area contributed by atoms with Crippen LogP contribution in [0.5, 0.6) is 0 Å². The van der Waals surface area contributed by atoms with Crippen LogP contribution in [0.15, 0.2) is 24.3 Å². The van der Waals surface area contributed by atoms with E-state index in [2.05, 4.69) is 22.6 Å². The summed E-state index contributed by atoms with van der Waals surface area (Å²) >= 11 is 2.21. The van der Waals surface area contributed by atoms with Crippen molar-refractivity contribution in [3.63, 3.8) is 0 Å². The molecular formula is C14H16IO2S+. The molecule has 0 aromatic heterocycles. The highest BCUT2D eigenvalue weighted by molar-refractivity contribution is 14.1. The number of Topliss-reactive ketones (excluding diaryl/α,β-unsaturated/α-hetero) is 2. The van der Waals surface area contributed by atoms with E-state index < -0.39 is 0 Å². The number of hydrogen-bond acceptors (Lipinski definition) is 2. The Balaban J connectivity index is 2.09. The molecule has 2 nitrogen and oxygen atoms in total. The van der Waals surface area contributed by atoms with Crippen LogP contribution in [0.1, 0.15) is 30.1 Å². The van der Waals surface area contributed by atoms with E-state index in [4.69, 9.17) is 0 Å². The van der Waals surface area contributed by atoms with Gasteiger partial charge in [0.25, 0.3) is 0 Å². The molecule has 1 aliphatic rings. The zero-order valence-corrected chi connectivity index (χ0v) is 13.3. The van der Waals surface area contributed by atoms with Crippen molar-refractivity contribution in [1.29, 1.82) is 0 Å². The predicted molar refractivity (Wildman–Crippen MR) is 84.3 cm³/mol. The molecule has 1 saturated heterocycles.